The van der Waals surface area contributed by atoms with Crippen LogP contribution in [0.15, 0.2) is 49.3 Å². The summed E-state index contributed by atoms with van der Waals surface area (Å²) in [6.45, 7) is 5.06. The van der Waals surface area contributed by atoms with Gasteiger partial charge in [0, 0.05) is 31.9 Å². The number of carbonyl (C=O) groups excluding carboxylic acids is 1. The Morgan fingerprint density at radius 1 is 1.11 bits per heavy atom. The van der Waals surface area contributed by atoms with Crippen molar-refractivity contribution in [1.82, 2.24) is 19.9 Å². The van der Waals surface area contributed by atoms with E-state index in [4.69, 9.17) is 16.3 Å². The summed E-state index contributed by atoms with van der Waals surface area (Å²) >= 11 is 5.85. The molecule has 0 bridgehead atoms. The third kappa shape index (κ3) is 7.03. The van der Waals surface area contributed by atoms with Gasteiger partial charge in [-0.25, -0.2) is 14.4 Å². The Labute approximate surface area is 214 Å². The fourth-order valence-corrected chi connectivity index (χ4v) is 3.33. The van der Waals surface area contributed by atoms with E-state index in [1.54, 1.807) is 13.2 Å². The molecular weight excluding hydrogens is 487 g/mol. The van der Waals surface area contributed by atoms with Gasteiger partial charge in [-0.05, 0) is 44.4 Å². The standard InChI is InChI=1S/C24H28ClFN8O2/c1-6-22(35)30-18-12-19(21(36-5)13-20(18)34(4)10-9-33(2)3)31-24-28-14-27-23(32-24)29-15-7-8-17(26)16(25)11-15/h6-8,11-14H,1,9-10H2,2-5H3,(H,30,35)(H2,27,28,29,31,32). The second kappa shape index (κ2) is 12.1. The van der Waals surface area contributed by atoms with Gasteiger partial charge in [0.2, 0.25) is 17.8 Å². The van der Waals surface area contributed by atoms with Crippen molar-refractivity contribution in [3.8, 4) is 5.75 Å². The molecule has 190 valence electrons. The van der Waals surface area contributed by atoms with Crippen molar-refractivity contribution in [3.63, 3.8) is 0 Å². The van der Waals surface area contributed by atoms with Crippen molar-refractivity contribution < 1.29 is 13.9 Å². The monoisotopic (exact) mass is 514 g/mol. The molecule has 0 aliphatic heterocycles. The molecule has 1 amide bonds. The van der Waals surface area contributed by atoms with Gasteiger partial charge >= 0.3 is 0 Å². The Hall–Kier alpha value is -3.96. The molecule has 12 heteroatoms. The van der Waals surface area contributed by atoms with E-state index in [-0.39, 0.29) is 22.8 Å². The van der Waals surface area contributed by atoms with Crippen LogP contribution < -0.4 is 25.6 Å². The maximum atomic E-state index is 13.4. The molecule has 10 nitrogen and oxygen atoms in total. The largest absolute Gasteiger partial charge is 0.494 e. The number of anilines is 6. The predicted octanol–water partition coefficient (Wildman–Crippen LogP) is 4.28. The zero-order valence-electron chi connectivity index (χ0n) is 20.5. The van der Waals surface area contributed by atoms with E-state index in [9.17, 15) is 9.18 Å². The number of nitrogens with zero attached hydrogens (tertiary/aromatic N) is 5. The lowest BCUT2D eigenvalue weighted by Crippen LogP contribution is -2.29. The van der Waals surface area contributed by atoms with Crippen LogP contribution in [0.25, 0.3) is 0 Å². The van der Waals surface area contributed by atoms with Gasteiger partial charge in [-0.15, -0.1) is 0 Å². The molecule has 0 aliphatic rings. The van der Waals surface area contributed by atoms with E-state index >= 15 is 0 Å². The van der Waals surface area contributed by atoms with Gasteiger partial charge in [-0.3, -0.25) is 4.79 Å². The number of benzene rings is 2. The van der Waals surface area contributed by atoms with Gasteiger partial charge in [0.1, 0.15) is 17.9 Å². The molecule has 0 radical (unpaired) electrons. The number of nitrogens with one attached hydrogen (secondary N) is 3. The molecule has 36 heavy (non-hydrogen) atoms. The van der Waals surface area contributed by atoms with E-state index in [2.05, 4.69) is 42.4 Å². The van der Waals surface area contributed by atoms with Crippen molar-refractivity contribution in [1.29, 1.82) is 0 Å². The van der Waals surface area contributed by atoms with Crippen LogP contribution in [0.5, 0.6) is 5.75 Å². The summed E-state index contributed by atoms with van der Waals surface area (Å²) in [5.41, 5.74) is 2.35. The summed E-state index contributed by atoms with van der Waals surface area (Å²) < 4.78 is 19.0. The van der Waals surface area contributed by atoms with Crippen LogP contribution in [0.4, 0.5) is 39.0 Å². The van der Waals surface area contributed by atoms with Crippen molar-refractivity contribution in [2.24, 2.45) is 0 Å². The molecule has 3 rings (SSSR count). The summed E-state index contributed by atoms with van der Waals surface area (Å²) in [7, 11) is 7.46. The summed E-state index contributed by atoms with van der Waals surface area (Å²) in [5, 5.41) is 8.87. The van der Waals surface area contributed by atoms with E-state index in [1.807, 2.05) is 32.1 Å². The number of likely N-dealkylation sites (N-methyl/N-ethyl adjacent to an activating group) is 2. The lowest BCUT2D eigenvalue weighted by molar-refractivity contribution is -0.111. The highest BCUT2D eigenvalue weighted by atomic mass is 35.5. The molecule has 3 N–H and O–H groups in total. The maximum absolute atomic E-state index is 13.4. The van der Waals surface area contributed by atoms with Crippen molar-refractivity contribution >= 4 is 52.2 Å². The average Bonchev–Trinajstić information content (AvgIpc) is 2.85. The molecule has 0 aliphatic carbocycles. The summed E-state index contributed by atoms with van der Waals surface area (Å²) in [6.07, 6.45) is 2.52. The van der Waals surface area contributed by atoms with Gasteiger partial charge in [0.15, 0.2) is 0 Å². The number of rotatable bonds is 11. The first-order valence-corrected chi connectivity index (χ1v) is 11.3. The molecule has 0 unspecified atom stereocenters. The third-order valence-corrected chi connectivity index (χ3v) is 5.34. The van der Waals surface area contributed by atoms with E-state index in [1.165, 1.54) is 30.6 Å². The van der Waals surface area contributed by atoms with E-state index in [0.717, 1.165) is 18.8 Å². The lowest BCUT2D eigenvalue weighted by Gasteiger charge is -2.25. The Morgan fingerprint density at radius 2 is 1.83 bits per heavy atom. The van der Waals surface area contributed by atoms with Crippen LogP contribution in [0.3, 0.4) is 0 Å². The summed E-state index contributed by atoms with van der Waals surface area (Å²) in [6, 6.07) is 7.74. The predicted molar refractivity (Wildman–Crippen MR) is 141 cm³/mol. The topological polar surface area (TPSA) is 108 Å². The number of aromatic nitrogens is 3. The van der Waals surface area contributed by atoms with Crippen LogP contribution >= 0.6 is 11.6 Å². The Bertz CT molecular complexity index is 1240. The van der Waals surface area contributed by atoms with Crippen molar-refractivity contribution in [2.45, 2.75) is 0 Å². The Kier molecular flexibility index (Phi) is 8.98. The fourth-order valence-electron chi connectivity index (χ4n) is 3.15. The van der Waals surface area contributed by atoms with Crippen LogP contribution in [-0.4, -0.2) is 67.1 Å². The molecule has 3 aromatic rings. The molecule has 0 saturated heterocycles. The smallest absolute Gasteiger partial charge is 0.247 e. The Morgan fingerprint density at radius 3 is 2.47 bits per heavy atom. The fraction of sp³-hybridized carbons (Fsp3) is 0.250. The number of carbonyl (C=O) groups is 1. The molecule has 0 fully saturated rings. The van der Waals surface area contributed by atoms with Gasteiger partial charge in [-0.2, -0.15) is 4.98 Å². The molecule has 2 aromatic carbocycles. The lowest BCUT2D eigenvalue weighted by atomic mass is 10.2. The zero-order valence-corrected chi connectivity index (χ0v) is 21.2. The zero-order chi connectivity index (χ0) is 26.2. The quantitative estimate of drug-likeness (QED) is 0.323. The SMILES string of the molecule is C=CC(=O)Nc1cc(Nc2ncnc(Nc3ccc(F)c(Cl)c3)n2)c(OC)cc1N(C)CCN(C)C. The minimum atomic E-state index is -0.525. The number of hydrogen-bond acceptors (Lipinski definition) is 9. The first kappa shape index (κ1) is 26.6. The minimum absolute atomic E-state index is 0.0260. The molecule has 0 atom stereocenters. The van der Waals surface area contributed by atoms with E-state index in [0.29, 0.717) is 22.8 Å². The highest BCUT2D eigenvalue weighted by molar-refractivity contribution is 6.31. The molecule has 1 heterocycles. The molecule has 1 aromatic heterocycles. The number of ether oxygens (including phenoxy) is 1. The number of hydrogen-bond donors (Lipinski definition) is 3. The van der Waals surface area contributed by atoms with Gasteiger partial charge in [0.05, 0.1) is 29.2 Å². The van der Waals surface area contributed by atoms with Gasteiger partial charge in [-0.1, -0.05) is 18.2 Å². The normalized spacial score (nSPS) is 10.6. The first-order valence-electron chi connectivity index (χ1n) is 10.9. The maximum Gasteiger partial charge on any atom is 0.247 e. The second-order valence-electron chi connectivity index (χ2n) is 8.00. The van der Waals surface area contributed by atoms with E-state index < -0.39 is 5.82 Å². The van der Waals surface area contributed by atoms with Crippen molar-refractivity contribution in [3.05, 3.63) is 60.2 Å². The third-order valence-electron chi connectivity index (χ3n) is 5.05. The Balaban J connectivity index is 1.91. The highest BCUT2D eigenvalue weighted by Gasteiger charge is 2.17. The summed E-state index contributed by atoms with van der Waals surface area (Å²) in [5.74, 6) is 0.0714. The number of methoxy groups -OCH3 is 1. The minimum Gasteiger partial charge on any atom is -0.494 e. The van der Waals surface area contributed by atoms with Crippen molar-refractivity contribution in [2.75, 3.05) is 62.2 Å². The molecule has 0 saturated carbocycles. The summed E-state index contributed by atoms with van der Waals surface area (Å²) in [4.78, 5) is 28.8. The molecule has 0 spiro atoms. The van der Waals surface area contributed by atoms with Gasteiger partial charge < -0.3 is 30.5 Å². The number of halogens is 2. The van der Waals surface area contributed by atoms with Gasteiger partial charge in [0.25, 0.3) is 0 Å². The average molecular weight is 515 g/mol. The first-order chi connectivity index (χ1) is 17.2. The molecular formula is C24H28ClFN8O2. The second-order valence-corrected chi connectivity index (χ2v) is 8.41. The highest BCUT2D eigenvalue weighted by Crippen LogP contribution is 2.38. The number of amides is 1. The van der Waals surface area contributed by atoms with Crippen LogP contribution in [0, 0.1) is 5.82 Å². The van der Waals surface area contributed by atoms with Crippen LogP contribution in [-0.2, 0) is 4.79 Å². The van der Waals surface area contributed by atoms with Crippen LogP contribution in [0.2, 0.25) is 5.02 Å². The van der Waals surface area contributed by atoms with Crippen LogP contribution in [0.1, 0.15) is 0 Å².